The number of nitrogens with zero attached hydrogens (tertiary/aromatic N) is 1. The van der Waals surface area contributed by atoms with E-state index < -0.39 is 0 Å². The van der Waals surface area contributed by atoms with Crippen molar-refractivity contribution in [3.8, 4) is 0 Å². The van der Waals surface area contributed by atoms with Gasteiger partial charge < -0.3 is 4.74 Å². The molecule has 0 unspecified atom stereocenters. The van der Waals surface area contributed by atoms with Gasteiger partial charge in [-0.3, -0.25) is 4.99 Å². The summed E-state index contributed by atoms with van der Waals surface area (Å²) < 4.78 is 4.84. The quantitative estimate of drug-likeness (QED) is 0.402. The summed E-state index contributed by atoms with van der Waals surface area (Å²) in [7, 11) is 0. The molecule has 0 bridgehead atoms. The second-order valence-corrected chi connectivity index (χ2v) is 1.15. The van der Waals surface area contributed by atoms with E-state index in [9.17, 15) is 0 Å². The molecule has 0 aliphatic heterocycles. The third kappa shape index (κ3) is 5.21. The molecule has 0 saturated heterocycles. The topological polar surface area (TPSA) is 21.6 Å². The van der Waals surface area contributed by atoms with Crippen molar-refractivity contribution in [2.24, 2.45) is 4.99 Å². The van der Waals surface area contributed by atoms with Crippen molar-refractivity contribution < 1.29 is 4.74 Å². The van der Waals surface area contributed by atoms with Crippen molar-refractivity contribution in [1.29, 1.82) is 0 Å². The maximum Gasteiger partial charge on any atom is 0.101 e. The smallest absolute Gasteiger partial charge is 0.101 e. The van der Waals surface area contributed by atoms with E-state index in [1.165, 1.54) is 0 Å². The van der Waals surface area contributed by atoms with Crippen molar-refractivity contribution in [2.45, 2.75) is 13.8 Å². The Morgan fingerprint density at radius 2 is 2.38 bits per heavy atom. The second kappa shape index (κ2) is 6.21. The van der Waals surface area contributed by atoms with Crippen molar-refractivity contribution >= 4 is 6.21 Å². The van der Waals surface area contributed by atoms with Crippen LogP contribution in [0.4, 0.5) is 0 Å². The highest BCUT2D eigenvalue weighted by Gasteiger charge is 1.63. The molecule has 8 heavy (non-hydrogen) atoms. The minimum absolute atomic E-state index is 0.704. The molecule has 0 aliphatic carbocycles. The van der Waals surface area contributed by atoms with Gasteiger partial charge in [-0.25, -0.2) is 0 Å². The zero-order valence-corrected chi connectivity index (χ0v) is 5.29. The number of hydrogen-bond acceptors (Lipinski definition) is 2. The molecule has 2 nitrogen and oxygen atoms in total. The van der Waals surface area contributed by atoms with Gasteiger partial charge >= 0.3 is 0 Å². The Balaban J connectivity index is 3.07. The Morgan fingerprint density at radius 1 is 1.62 bits per heavy atom. The van der Waals surface area contributed by atoms with Crippen molar-refractivity contribution in [3.63, 3.8) is 0 Å². The first kappa shape index (κ1) is 7.21. The molecule has 0 aromatic carbocycles. The van der Waals surface area contributed by atoms with Crippen LogP contribution < -0.4 is 0 Å². The van der Waals surface area contributed by atoms with Crippen molar-refractivity contribution in [1.82, 2.24) is 0 Å². The van der Waals surface area contributed by atoms with Crippen LogP contribution in [0.15, 0.2) is 17.5 Å². The molecular formula is C6H11NO. The normalized spacial score (nSPS) is 11.2. The lowest BCUT2D eigenvalue weighted by atomic mass is 10.8. The van der Waals surface area contributed by atoms with Gasteiger partial charge in [0, 0.05) is 6.21 Å². The number of rotatable bonds is 3. The molecular weight excluding hydrogens is 102 g/mol. The largest absolute Gasteiger partial charge is 0.500 e. The molecule has 0 rings (SSSR count). The third-order valence-electron chi connectivity index (χ3n) is 0.559. The molecule has 0 aromatic rings. The van der Waals surface area contributed by atoms with E-state index in [2.05, 4.69) is 4.99 Å². The minimum atomic E-state index is 0.704. The van der Waals surface area contributed by atoms with E-state index in [4.69, 9.17) is 4.74 Å². The summed E-state index contributed by atoms with van der Waals surface area (Å²) in [5.41, 5.74) is 0. The zero-order valence-electron chi connectivity index (χ0n) is 5.29. The average molecular weight is 113 g/mol. The highest BCUT2D eigenvalue weighted by molar-refractivity contribution is 5.54. The molecule has 0 atom stereocenters. The summed E-state index contributed by atoms with van der Waals surface area (Å²) in [6.45, 7) is 4.49. The first-order chi connectivity index (χ1) is 3.91. The van der Waals surface area contributed by atoms with Crippen LogP contribution >= 0.6 is 0 Å². The fourth-order valence-electron chi connectivity index (χ4n) is 0.260. The van der Waals surface area contributed by atoms with Gasteiger partial charge in [0.1, 0.15) is 6.26 Å². The molecule has 0 fully saturated rings. The third-order valence-corrected chi connectivity index (χ3v) is 0.559. The number of aliphatic imine (C=N–C) groups is 1. The summed E-state index contributed by atoms with van der Waals surface area (Å²) in [5, 5.41) is 0. The Labute approximate surface area is 49.9 Å². The molecule has 0 N–H and O–H groups in total. The molecule has 0 aliphatic rings. The molecule has 2 heteroatoms. The Morgan fingerprint density at radius 3 is 2.88 bits per heavy atom. The van der Waals surface area contributed by atoms with Gasteiger partial charge in [0.2, 0.25) is 0 Å². The van der Waals surface area contributed by atoms with Crippen LogP contribution in [-0.2, 0) is 4.74 Å². The highest BCUT2D eigenvalue weighted by Crippen LogP contribution is 1.75. The molecule has 46 valence electrons. The Bertz CT molecular complexity index is 86.5. The predicted octanol–water partition coefficient (Wildman–Crippen LogP) is 1.58. The minimum Gasteiger partial charge on any atom is -0.500 e. The van der Waals surface area contributed by atoms with E-state index in [-0.39, 0.29) is 0 Å². The second-order valence-electron chi connectivity index (χ2n) is 1.15. The lowest BCUT2D eigenvalue weighted by molar-refractivity contribution is 0.268. The average Bonchev–Trinajstić information content (AvgIpc) is 1.81. The fourth-order valence-corrected chi connectivity index (χ4v) is 0.260. The SMILES string of the molecule is CC=N/C=C/OCC. The van der Waals surface area contributed by atoms with Crippen LogP contribution in [0.3, 0.4) is 0 Å². The maximum absolute atomic E-state index is 4.84. The molecule has 0 amide bonds. The standard InChI is InChI=1S/C6H11NO/c1-3-7-5-6-8-4-2/h3,5-6H,4H2,1-2H3/b6-5+,7-3?. The first-order valence-electron chi connectivity index (χ1n) is 2.66. The summed E-state index contributed by atoms with van der Waals surface area (Å²) in [4.78, 5) is 3.78. The summed E-state index contributed by atoms with van der Waals surface area (Å²) >= 11 is 0. The van der Waals surface area contributed by atoms with E-state index in [1.807, 2.05) is 13.8 Å². The lowest BCUT2D eigenvalue weighted by Crippen LogP contribution is -1.74. The predicted molar refractivity (Wildman–Crippen MR) is 34.9 cm³/mol. The molecule has 0 saturated carbocycles. The van der Waals surface area contributed by atoms with Gasteiger partial charge in [0.05, 0.1) is 12.8 Å². The van der Waals surface area contributed by atoms with Crippen LogP contribution in [0.25, 0.3) is 0 Å². The summed E-state index contributed by atoms with van der Waals surface area (Å²) in [6, 6.07) is 0. The van der Waals surface area contributed by atoms with Gasteiger partial charge in [0.25, 0.3) is 0 Å². The van der Waals surface area contributed by atoms with E-state index >= 15 is 0 Å². The number of hydrogen-bond donors (Lipinski definition) is 0. The van der Waals surface area contributed by atoms with Crippen LogP contribution in [0.5, 0.6) is 0 Å². The van der Waals surface area contributed by atoms with Crippen LogP contribution in [0, 0.1) is 0 Å². The molecule has 0 heterocycles. The number of ether oxygens (including phenoxy) is 1. The monoisotopic (exact) mass is 113 g/mol. The van der Waals surface area contributed by atoms with Crippen molar-refractivity contribution in [3.05, 3.63) is 12.5 Å². The summed E-state index contributed by atoms with van der Waals surface area (Å²) in [5.74, 6) is 0. The first-order valence-corrected chi connectivity index (χ1v) is 2.66. The van der Waals surface area contributed by atoms with Gasteiger partial charge in [0.15, 0.2) is 0 Å². The highest BCUT2D eigenvalue weighted by atomic mass is 16.5. The van der Waals surface area contributed by atoms with Crippen LogP contribution in [-0.4, -0.2) is 12.8 Å². The Kier molecular flexibility index (Phi) is 5.60. The van der Waals surface area contributed by atoms with Crippen LogP contribution in [0.1, 0.15) is 13.8 Å². The van der Waals surface area contributed by atoms with Gasteiger partial charge in [-0.1, -0.05) is 0 Å². The van der Waals surface area contributed by atoms with Gasteiger partial charge in [-0.15, -0.1) is 0 Å². The molecule has 0 aromatic heterocycles. The Hall–Kier alpha value is -0.790. The van der Waals surface area contributed by atoms with E-state index in [0.717, 1.165) is 0 Å². The maximum atomic E-state index is 4.84. The molecule has 0 spiro atoms. The molecule has 0 radical (unpaired) electrons. The zero-order chi connectivity index (χ0) is 6.24. The fraction of sp³-hybridized carbons (Fsp3) is 0.500. The van der Waals surface area contributed by atoms with E-state index in [0.29, 0.717) is 6.61 Å². The van der Waals surface area contributed by atoms with Gasteiger partial charge in [-0.05, 0) is 13.8 Å². The van der Waals surface area contributed by atoms with E-state index in [1.54, 1.807) is 18.7 Å². The summed E-state index contributed by atoms with van der Waals surface area (Å²) in [6.07, 6.45) is 4.89. The van der Waals surface area contributed by atoms with Crippen molar-refractivity contribution in [2.75, 3.05) is 6.61 Å². The van der Waals surface area contributed by atoms with Crippen LogP contribution in [0.2, 0.25) is 0 Å². The van der Waals surface area contributed by atoms with Gasteiger partial charge in [-0.2, -0.15) is 0 Å². The lowest BCUT2D eigenvalue weighted by Gasteiger charge is -1.87.